The minimum atomic E-state index is -0.875. The lowest BCUT2D eigenvalue weighted by Crippen LogP contribution is -2.13. The van der Waals surface area contributed by atoms with Crippen molar-refractivity contribution in [2.75, 3.05) is 0 Å². The van der Waals surface area contributed by atoms with Crippen LogP contribution in [0.25, 0.3) is 0 Å². The van der Waals surface area contributed by atoms with Gasteiger partial charge in [-0.05, 0) is 66.0 Å². The number of aromatic carboxylic acids is 2. The summed E-state index contributed by atoms with van der Waals surface area (Å²) in [6, 6.07) is 14.0. The molecule has 34 heavy (non-hydrogen) atoms. The zero-order valence-corrected chi connectivity index (χ0v) is 21.8. The highest BCUT2D eigenvalue weighted by molar-refractivity contribution is 5.88. The molecule has 2 rings (SSSR count). The van der Waals surface area contributed by atoms with E-state index in [1.54, 1.807) is 31.2 Å². The van der Waals surface area contributed by atoms with Gasteiger partial charge >= 0.3 is 11.9 Å². The van der Waals surface area contributed by atoms with E-state index in [0.717, 1.165) is 17.5 Å². The van der Waals surface area contributed by atoms with Crippen LogP contribution in [-0.4, -0.2) is 44.6 Å². The van der Waals surface area contributed by atoms with Crippen molar-refractivity contribution in [3.63, 3.8) is 0 Å². The molecule has 0 spiro atoms. The van der Waals surface area contributed by atoms with Gasteiger partial charge in [0.1, 0.15) is 0 Å². The minimum absolute atomic E-state index is 0.0804. The van der Waals surface area contributed by atoms with Gasteiger partial charge in [-0.2, -0.15) is 0 Å². The predicted molar refractivity (Wildman–Crippen MR) is 137 cm³/mol. The SMILES string of the molecule is CC(C)(C)c1ccc(C(=O)O)cc1.CC(C)(C)c1ccc(C(=O)O)cc1.CCC(O)CC(C)O. The second kappa shape index (κ2) is 13.9. The molecule has 0 aliphatic heterocycles. The van der Waals surface area contributed by atoms with Gasteiger partial charge in [0.25, 0.3) is 0 Å². The van der Waals surface area contributed by atoms with Gasteiger partial charge in [-0.25, -0.2) is 9.59 Å². The molecule has 0 bridgehead atoms. The van der Waals surface area contributed by atoms with E-state index in [-0.39, 0.29) is 23.0 Å². The Labute approximate surface area is 204 Å². The lowest BCUT2D eigenvalue weighted by Gasteiger charge is -2.18. The highest BCUT2D eigenvalue weighted by Crippen LogP contribution is 2.22. The second-order valence-corrected chi connectivity index (χ2v) is 10.4. The molecular formula is C28H42O6. The average Bonchev–Trinajstić information content (AvgIpc) is 2.73. The van der Waals surface area contributed by atoms with Gasteiger partial charge in [-0.15, -0.1) is 0 Å². The maximum Gasteiger partial charge on any atom is 0.335 e. The third kappa shape index (κ3) is 12.5. The zero-order valence-electron chi connectivity index (χ0n) is 21.8. The molecule has 6 nitrogen and oxygen atoms in total. The van der Waals surface area contributed by atoms with Crippen molar-refractivity contribution in [3.05, 3.63) is 70.8 Å². The molecule has 0 saturated heterocycles. The first-order chi connectivity index (χ1) is 15.5. The quantitative estimate of drug-likeness (QED) is 0.429. The highest BCUT2D eigenvalue weighted by Gasteiger charge is 2.14. The molecule has 0 amide bonds. The van der Waals surface area contributed by atoms with Crippen molar-refractivity contribution in [1.82, 2.24) is 0 Å². The normalized spacial score (nSPS) is 12.9. The van der Waals surface area contributed by atoms with Crippen LogP contribution in [0.1, 0.15) is 100 Å². The minimum Gasteiger partial charge on any atom is -0.478 e. The van der Waals surface area contributed by atoms with Crippen LogP contribution < -0.4 is 0 Å². The van der Waals surface area contributed by atoms with Gasteiger partial charge < -0.3 is 20.4 Å². The standard InChI is InChI=1S/2C11H14O2.C6H14O2/c2*1-11(2,3)9-6-4-8(5-7-9)10(12)13;1-3-6(8)4-5(2)7/h2*4-7H,1-3H3,(H,12,13);5-8H,3-4H2,1-2H3. The Kier molecular flexibility index (Phi) is 12.8. The third-order valence-electron chi connectivity index (χ3n) is 5.08. The van der Waals surface area contributed by atoms with Crippen LogP contribution in [0.4, 0.5) is 0 Å². The number of carboxylic acids is 2. The number of hydrogen-bond donors (Lipinski definition) is 4. The van der Waals surface area contributed by atoms with Crippen LogP contribution in [0.15, 0.2) is 48.5 Å². The lowest BCUT2D eigenvalue weighted by molar-refractivity contribution is 0.0686. The van der Waals surface area contributed by atoms with Crippen LogP contribution in [0.5, 0.6) is 0 Å². The third-order valence-corrected chi connectivity index (χ3v) is 5.08. The smallest absolute Gasteiger partial charge is 0.335 e. The van der Waals surface area contributed by atoms with E-state index in [1.165, 1.54) is 0 Å². The average molecular weight is 475 g/mol. The fraction of sp³-hybridized carbons (Fsp3) is 0.500. The molecule has 2 aromatic rings. The predicted octanol–water partition coefficient (Wildman–Crippen LogP) is 5.89. The van der Waals surface area contributed by atoms with Crippen molar-refractivity contribution < 1.29 is 30.0 Å². The Hall–Kier alpha value is -2.70. The molecule has 6 heteroatoms. The van der Waals surface area contributed by atoms with Gasteiger partial charge in [-0.1, -0.05) is 72.7 Å². The van der Waals surface area contributed by atoms with Gasteiger partial charge in [0, 0.05) is 0 Å². The fourth-order valence-electron chi connectivity index (χ4n) is 2.79. The summed E-state index contributed by atoms with van der Waals surface area (Å²) in [6.07, 6.45) is 0.529. The Balaban J connectivity index is 0.000000497. The summed E-state index contributed by atoms with van der Waals surface area (Å²) in [4.78, 5) is 21.1. The first kappa shape index (κ1) is 31.3. The van der Waals surface area contributed by atoms with E-state index in [0.29, 0.717) is 17.5 Å². The van der Waals surface area contributed by atoms with E-state index >= 15 is 0 Å². The van der Waals surface area contributed by atoms with E-state index in [1.807, 2.05) is 31.2 Å². The van der Waals surface area contributed by atoms with Gasteiger partial charge in [0.2, 0.25) is 0 Å². The Morgan fingerprint density at radius 2 is 1.00 bits per heavy atom. The summed E-state index contributed by atoms with van der Waals surface area (Å²) in [7, 11) is 0. The number of carbonyl (C=O) groups is 2. The molecule has 0 radical (unpaired) electrons. The number of aliphatic hydroxyl groups excluding tert-OH is 2. The molecule has 0 aliphatic rings. The van der Waals surface area contributed by atoms with Crippen LogP contribution in [0.3, 0.4) is 0 Å². The maximum absolute atomic E-state index is 10.6. The number of benzene rings is 2. The molecule has 0 fully saturated rings. The second-order valence-electron chi connectivity index (χ2n) is 10.4. The van der Waals surface area contributed by atoms with Crippen LogP contribution >= 0.6 is 0 Å². The lowest BCUT2D eigenvalue weighted by atomic mass is 9.87. The van der Waals surface area contributed by atoms with Crippen LogP contribution in [0, 0.1) is 0 Å². The zero-order chi connectivity index (χ0) is 26.7. The fourth-order valence-corrected chi connectivity index (χ4v) is 2.79. The summed E-state index contributed by atoms with van der Waals surface area (Å²) >= 11 is 0. The summed E-state index contributed by atoms with van der Waals surface area (Å²) in [5.74, 6) is -1.75. The maximum atomic E-state index is 10.6. The molecule has 0 aliphatic carbocycles. The summed E-state index contributed by atoms with van der Waals surface area (Å²) in [6.45, 7) is 16.2. The molecule has 4 N–H and O–H groups in total. The largest absolute Gasteiger partial charge is 0.478 e. The first-order valence-corrected chi connectivity index (χ1v) is 11.5. The molecule has 2 unspecified atom stereocenters. The number of rotatable bonds is 5. The topological polar surface area (TPSA) is 115 Å². The van der Waals surface area contributed by atoms with E-state index in [2.05, 4.69) is 41.5 Å². The highest BCUT2D eigenvalue weighted by atomic mass is 16.4. The van der Waals surface area contributed by atoms with E-state index < -0.39 is 11.9 Å². The van der Waals surface area contributed by atoms with Crippen LogP contribution in [-0.2, 0) is 10.8 Å². The summed E-state index contributed by atoms with van der Waals surface area (Å²) in [5, 5.41) is 34.9. The Bertz CT molecular complexity index is 802. The summed E-state index contributed by atoms with van der Waals surface area (Å²) < 4.78 is 0. The molecule has 0 saturated carbocycles. The van der Waals surface area contributed by atoms with Gasteiger partial charge in [-0.3, -0.25) is 0 Å². The Morgan fingerprint density at radius 1 is 0.706 bits per heavy atom. The van der Waals surface area contributed by atoms with Crippen LogP contribution in [0.2, 0.25) is 0 Å². The van der Waals surface area contributed by atoms with Crippen molar-refractivity contribution in [2.45, 2.75) is 91.3 Å². The first-order valence-electron chi connectivity index (χ1n) is 11.5. The number of carboxylic acid groups (broad SMARTS) is 2. The summed E-state index contributed by atoms with van der Waals surface area (Å²) in [5.41, 5.74) is 3.14. The molecule has 190 valence electrons. The van der Waals surface area contributed by atoms with Crippen molar-refractivity contribution in [2.24, 2.45) is 0 Å². The molecular weight excluding hydrogens is 432 g/mol. The van der Waals surface area contributed by atoms with Crippen molar-refractivity contribution >= 4 is 11.9 Å². The van der Waals surface area contributed by atoms with E-state index in [9.17, 15) is 9.59 Å². The molecule has 2 aromatic carbocycles. The van der Waals surface area contributed by atoms with E-state index in [4.69, 9.17) is 20.4 Å². The van der Waals surface area contributed by atoms with Crippen molar-refractivity contribution in [3.8, 4) is 0 Å². The molecule has 0 aromatic heterocycles. The molecule has 0 heterocycles. The van der Waals surface area contributed by atoms with Crippen molar-refractivity contribution in [1.29, 1.82) is 0 Å². The van der Waals surface area contributed by atoms with Gasteiger partial charge in [0.15, 0.2) is 0 Å². The van der Waals surface area contributed by atoms with Gasteiger partial charge in [0.05, 0.1) is 23.3 Å². The number of hydrogen-bond acceptors (Lipinski definition) is 4. The molecule has 2 atom stereocenters. The monoisotopic (exact) mass is 474 g/mol. The number of aliphatic hydroxyl groups is 2. The Morgan fingerprint density at radius 3 is 1.15 bits per heavy atom.